The number of hydrogen-bond acceptors (Lipinski definition) is 2. The minimum Gasteiger partial charge on any atom is -0.295 e. The van der Waals surface area contributed by atoms with Gasteiger partial charge in [0.2, 0.25) is 11.8 Å². The van der Waals surface area contributed by atoms with Gasteiger partial charge in [-0.15, -0.1) is 0 Å². The third-order valence-corrected chi connectivity index (χ3v) is 3.26. The molecule has 0 spiro atoms. The average molecular weight is 271 g/mol. The van der Waals surface area contributed by atoms with Crippen molar-refractivity contribution < 1.29 is 22.8 Å². The second-order valence-corrected chi connectivity index (χ2v) is 4.83. The molecule has 1 aliphatic rings. The summed E-state index contributed by atoms with van der Waals surface area (Å²) in [6.45, 7) is 3.30. The topological polar surface area (TPSA) is 46.2 Å². The third-order valence-electron chi connectivity index (χ3n) is 3.26. The molecule has 6 heteroatoms. The van der Waals surface area contributed by atoms with Gasteiger partial charge in [0, 0.05) is 0 Å². The maximum Gasteiger partial charge on any atom is 0.407 e. The monoisotopic (exact) mass is 271 g/mol. The fraction of sp³-hybridized carbons (Fsp3) is 0.385. The Morgan fingerprint density at radius 2 is 1.63 bits per heavy atom. The van der Waals surface area contributed by atoms with Gasteiger partial charge in [-0.25, -0.2) is 0 Å². The molecule has 102 valence electrons. The zero-order valence-electron chi connectivity index (χ0n) is 10.4. The van der Waals surface area contributed by atoms with Gasteiger partial charge in [-0.05, 0) is 19.4 Å². The van der Waals surface area contributed by atoms with E-state index >= 15 is 0 Å². The quantitative estimate of drug-likeness (QED) is 0.795. The molecule has 1 aliphatic heterocycles. The van der Waals surface area contributed by atoms with E-state index in [9.17, 15) is 22.8 Å². The maximum atomic E-state index is 13.4. The van der Waals surface area contributed by atoms with Crippen LogP contribution in [-0.4, -0.2) is 18.0 Å². The summed E-state index contributed by atoms with van der Waals surface area (Å²) in [7, 11) is 0. The maximum absolute atomic E-state index is 13.4. The van der Waals surface area contributed by atoms with Crippen LogP contribution in [0.1, 0.15) is 23.1 Å². The summed E-state index contributed by atoms with van der Waals surface area (Å²) in [4.78, 5) is 23.0. The van der Waals surface area contributed by atoms with Crippen molar-refractivity contribution >= 4 is 11.8 Å². The number of alkyl halides is 3. The van der Waals surface area contributed by atoms with Gasteiger partial charge in [0.25, 0.3) is 0 Å². The van der Waals surface area contributed by atoms with E-state index in [0.29, 0.717) is 11.1 Å². The van der Waals surface area contributed by atoms with E-state index < -0.39 is 29.8 Å². The van der Waals surface area contributed by atoms with Crippen molar-refractivity contribution in [3.8, 4) is 0 Å². The van der Waals surface area contributed by atoms with E-state index in [1.54, 1.807) is 25.2 Å². The predicted molar refractivity (Wildman–Crippen MR) is 61.4 cm³/mol. The van der Waals surface area contributed by atoms with Crippen LogP contribution < -0.4 is 5.32 Å². The number of aryl methyl sites for hydroxylation is 2. The molecule has 0 aliphatic carbocycles. The van der Waals surface area contributed by atoms with Gasteiger partial charge in [0.05, 0.1) is 6.42 Å². The van der Waals surface area contributed by atoms with Crippen LogP contribution in [0, 0.1) is 13.8 Å². The normalized spacial score (nSPS) is 23.6. The fourth-order valence-electron chi connectivity index (χ4n) is 2.45. The van der Waals surface area contributed by atoms with E-state index in [-0.39, 0.29) is 5.56 Å². The zero-order chi connectivity index (χ0) is 14.4. The number of carbonyl (C=O) groups is 2. The minimum absolute atomic E-state index is 0.180. The molecule has 1 heterocycles. The van der Waals surface area contributed by atoms with Crippen molar-refractivity contribution in [3.63, 3.8) is 0 Å². The molecule has 0 radical (unpaired) electrons. The van der Waals surface area contributed by atoms with Crippen LogP contribution >= 0.6 is 0 Å². The molecule has 1 fully saturated rings. The fourth-order valence-corrected chi connectivity index (χ4v) is 2.45. The van der Waals surface area contributed by atoms with Crippen LogP contribution in [0.2, 0.25) is 0 Å². The predicted octanol–water partition coefficient (Wildman–Crippen LogP) is 2.15. The van der Waals surface area contributed by atoms with Crippen LogP contribution in [0.25, 0.3) is 0 Å². The Bertz CT molecular complexity index is 545. The first kappa shape index (κ1) is 13.6. The molecular weight excluding hydrogens is 259 g/mol. The summed E-state index contributed by atoms with van der Waals surface area (Å²) in [5.74, 6) is -2.20. The summed E-state index contributed by atoms with van der Waals surface area (Å²) >= 11 is 0. The highest BCUT2D eigenvalue weighted by molar-refractivity contribution is 6.09. The second-order valence-electron chi connectivity index (χ2n) is 4.83. The largest absolute Gasteiger partial charge is 0.407 e. The van der Waals surface area contributed by atoms with Crippen molar-refractivity contribution in [2.24, 2.45) is 0 Å². The Kier molecular flexibility index (Phi) is 2.91. The summed E-state index contributed by atoms with van der Waals surface area (Å²) in [6.07, 6.45) is -5.71. The van der Waals surface area contributed by atoms with Crippen LogP contribution in [0.3, 0.4) is 0 Å². The molecule has 2 rings (SSSR count). The standard InChI is InChI=1S/C13H12F3NO2/c1-7-3-8(2)5-9(4-7)12(13(14,15)16)6-10(18)17-11(12)19/h3-5H,6H2,1-2H3,(H,17,18,19). The van der Waals surface area contributed by atoms with Crippen molar-refractivity contribution in [1.29, 1.82) is 0 Å². The second kappa shape index (κ2) is 4.08. The Morgan fingerprint density at radius 1 is 1.11 bits per heavy atom. The first-order valence-electron chi connectivity index (χ1n) is 5.66. The van der Waals surface area contributed by atoms with Crippen LogP contribution in [-0.2, 0) is 15.0 Å². The van der Waals surface area contributed by atoms with Gasteiger partial charge in [0.15, 0.2) is 5.41 Å². The molecule has 1 unspecified atom stereocenters. The Balaban J connectivity index is 2.69. The lowest BCUT2D eigenvalue weighted by Gasteiger charge is -2.29. The number of imide groups is 1. The first-order valence-corrected chi connectivity index (χ1v) is 5.66. The van der Waals surface area contributed by atoms with Crippen LogP contribution in [0.4, 0.5) is 13.2 Å². The molecule has 1 atom stereocenters. The zero-order valence-corrected chi connectivity index (χ0v) is 10.4. The van der Waals surface area contributed by atoms with E-state index in [2.05, 4.69) is 0 Å². The van der Waals surface area contributed by atoms with Gasteiger partial charge < -0.3 is 0 Å². The molecule has 1 N–H and O–H groups in total. The molecule has 1 aromatic rings. The summed E-state index contributed by atoms with van der Waals surface area (Å²) in [5, 5.41) is 1.75. The van der Waals surface area contributed by atoms with E-state index in [1.807, 2.05) is 0 Å². The van der Waals surface area contributed by atoms with Crippen molar-refractivity contribution in [1.82, 2.24) is 5.32 Å². The molecule has 0 bridgehead atoms. The van der Waals surface area contributed by atoms with Gasteiger partial charge in [-0.2, -0.15) is 13.2 Å². The van der Waals surface area contributed by atoms with Gasteiger partial charge in [-0.1, -0.05) is 29.3 Å². The van der Waals surface area contributed by atoms with Crippen molar-refractivity contribution in [2.75, 3.05) is 0 Å². The van der Waals surface area contributed by atoms with Gasteiger partial charge >= 0.3 is 6.18 Å². The number of carbonyl (C=O) groups excluding carboxylic acids is 2. The van der Waals surface area contributed by atoms with Crippen molar-refractivity contribution in [2.45, 2.75) is 31.9 Å². The molecule has 2 amide bonds. The summed E-state index contributed by atoms with van der Waals surface area (Å²) < 4.78 is 40.1. The number of rotatable bonds is 1. The number of benzene rings is 1. The van der Waals surface area contributed by atoms with Crippen LogP contribution in [0.15, 0.2) is 18.2 Å². The molecule has 1 aromatic carbocycles. The summed E-state index contributed by atoms with van der Waals surface area (Å²) in [5.41, 5.74) is -1.71. The Labute approximate surface area is 107 Å². The average Bonchev–Trinajstić information content (AvgIpc) is 2.52. The molecular formula is C13H12F3NO2. The number of halogens is 3. The SMILES string of the molecule is Cc1cc(C)cc(C2(C(F)(F)F)CC(=O)NC2=O)c1. The van der Waals surface area contributed by atoms with E-state index in [1.165, 1.54) is 12.1 Å². The van der Waals surface area contributed by atoms with E-state index in [4.69, 9.17) is 0 Å². The third kappa shape index (κ3) is 2.01. The number of hydrogen-bond donors (Lipinski definition) is 1. The van der Waals surface area contributed by atoms with Crippen LogP contribution in [0.5, 0.6) is 0 Å². The highest BCUT2D eigenvalue weighted by atomic mass is 19.4. The lowest BCUT2D eigenvalue weighted by Crippen LogP contribution is -2.48. The molecule has 0 aromatic heterocycles. The van der Waals surface area contributed by atoms with Gasteiger partial charge in [-0.3, -0.25) is 14.9 Å². The highest BCUT2D eigenvalue weighted by Crippen LogP contribution is 2.46. The smallest absolute Gasteiger partial charge is 0.295 e. The van der Waals surface area contributed by atoms with Crippen molar-refractivity contribution in [3.05, 3.63) is 34.9 Å². The van der Waals surface area contributed by atoms with Gasteiger partial charge in [0.1, 0.15) is 0 Å². The molecule has 3 nitrogen and oxygen atoms in total. The molecule has 0 saturated carbocycles. The minimum atomic E-state index is -4.82. The lowest BCUT2D eigenvalue weighted by molar-refractivity contribution is -0.191. The molecule has 1 saturated heterocycles. The number of nitrogens with one attached hydrogen (secondary N) is 1. The first-order chi connectivity index (χ1) is 8.66. The molecule has 19 heavy (non-hydrogen) atoms. The summed E-state index contributed by atoms with van der Waals surface area (Å²) in [6, 6.07) is 4.32. The lowest BCUT2D eigenvalue weighted by atomic mass is 9.77. The highest BCUT2D eigenvalue weighted by Gasteiger charge is 2.65. The Hall–Kier alpha value is -1.85. The Morgan fingerprint density at radius 3 is 2.00 bits per heavy atom. The van der Waals surface area contributed by atoms with E-state index in [0.717, 1.165) is 0 Å². The number of amides is 2.